The fourth-order valence-corrected chi connectivity index (χ4v) is 1.38. The average Bonchev–Trinajstić information content (AvgIpc) is 2.35. The summed E-state index contributed by atoms with van der Waals surface area (Å²) in [6, 6.07) is 3.96. The van der Waals surface area contributed by atoms with E-state index >= 15 is 0 Å². The molecule has 0 aliphatic rings. The average molecular weight is 221 g/mol. The van der Waals surface area contributed by atoms with Crippen LogP contribution in [-0.4, -0.2) is 35.4 Å². The molecule has 1 amide bonds. The quantitative estimate of drug-likeness (QED) is 0.800. The summed E-state index contributed by atoms with van der Waals surface area (Å²) in [4.78, 5) is 17.4. The number of carbonyl (C=O) groups is 1. The molecule has 0 fully saturated rings. The van der Waals surface area contributed by atoms with Gasteiger partial charge in [0, 0.05) is 38.4 Å². The van der Waals surface area contributed by atoms with Gasteiger partial charge in [-0.25, -0.2) is 0 Å². The fourth-order valence-electron chi connectivity index (χ4n) is 1.38. The van der Waals surface area contributed by atoms with E-state index in [-0.39, 0.29) is 11.9 Å². The number of amides is 1. The molecule has 0 saturated heterocycles. The summed E-state index contributed by atoms with van der Waals surface area (Å²) in [6.45, 7) is 2.45. The third-order valence-electron chi connectivity index (χ3n) is 2.77. The number of hydrogen-bond donors (Lipinski definition) is 1. The van der Waals surface area contributed by atoms with E-state index in [9.17, 15) is 4.79 Å². The second-order valence-corrected chi connectivity index (χ2v) is 3.94. The topological polar surface area (TPSA) is 59.2 Å². The Balaban J connectivity index is 2.41. The Labute approximate surface area is 96.5 Å². The molecule has 1 unspecified atom stereocenters. The van der Waals surface area contributed by atoms with Crippen LogP contribution in [0.1, 0.15) is 18.9 Å². The number of rotatable bonds is 5. The number of aryl methyl sites for hydroxylation is 1. The van der Waals surface area contributed by atoms with Crippen molar-refractivity contribution in [3.8, 4) is 0 Å². The Hall–Kier alpha value is -1.42. The van der Waals surface area contributed by atoms with E-state index in [1.807, 2.05) is 19.1 Å². The first-order chi connectivity index (χ1) is 7.65. The van der Waals surface area contributed by atoms with E-state index < -0.39 is 0 Å². The number of nitrogens with zero attached hydrogens (tertiary/aromatic N) is 2. The Morgan fingerprint density at radius 1 is 1.50 bits per heavy atom. The molecule has 0 saturated carbocycles. The van der Waals surface area contributed by atoms with Crippen LogP contribution in [0.5, 0.6) is 0 Å². The third kappa shape index (κ3) is 3.62. The van der Waals surface area contributed by atoms with Crippen molar-refractivity contribution in [2.75, 3.05) is 13.6 Å². The molecular formula is C12H19N3O. The van der Waals surface area contributed by atoms with E-state index in [1.54, 1.807) is 24.3 Å². The molecule has 88 valence electrons. The van der Waals surface area contributed by atoms with Gasteiger partial charge in [0.1, 0.15) is 0 Å². The Morgan fingerprint density at radius 2 is 2.12 bits per heavy atom. The van der Waals surface area contributed by atoms with Crippen LogP contribution in [0.15, 0.2) is 24.5 Å². The molecule has 1 atom stereocenters. The molecule has 0 aliphatic carbocycles. The lowest BCUT2D eigenvalue weighted by Crippen LogP contribution is -2.39. The summed E-state index contributed by atoms with van der Waals surface area (Å²) in [6.07, 6.45) is 4.76. The van der Waals surface area contributed by atoms with Gasteiger partial charge in [0.25, 0.3) is 0 Å². The molecule has 1 heterocycles. The van der Waals surface area contributed by atoms with Crippen LogP contribution in [0.25, 0.3) is 0 Å². The maximum absolute atomic E-state index is 11.8. The molecule has 2 N–H and O–H groups in total. The van der Waals surface area contributed by atoms with E-state index in [1.165, 1.54) is 0 Å². The standard InChI is InChI=1S/C12H19N3O/c1-10(9-13)15(2)12(16)4-3-11-5-7-14-8-6-11/h5-8,10H,3-4,9,13H2,1-2H3. The zero-order chi connectivity index (χ0) is 12.0. The Kier molecular flexibility index (Phi) is 4.92. The summed E-state index contributed by atoms with van der Waals surface area (Å²) < 4.78 is 0. The fraction of sp³-hybridized carbons (Fsp3) is 0.500. The third-order valence-corrected chi connectivity index (χ3v) is 2.77. The van der Waals surface area contributed by atoms with Gasteiger partial charge in [-0.2, -0.15) is 0 Å². The Bertz CT molecular complexity index is 326. The first-order valence-corrected chi connectivity index (χ1v) is 5.49. The van der Waals surface area contributed by atoms with E-state index in [2.05, 4.69) is 4.98 Å². The van der Waals surface area contributed by atoms with Gasteiger partial charge in [0.05, 0.1) is 0 Å². The molecule has 1 aromatic rings. The molecule has 1 rings (SSSR count). The number of hydrogen-bond acceptors (Lipinski definition) is 3. The van der Waals surface area contributed by atoms with Gasteiger partial charge in [0.2, 0.25) is 5.91 Å². The van der Waals surface area contributed by atoms with Crippen molar-refractivity contribution in [3.05, 3.63) is 30.1 Å². The van der Waals surface area contributed by atoms with Crippen molar-refractivity contribution >= 4 is 5.91 Å². The van der Waals surface area contributed by atoms with Crippen LogP contribution in [0, 0.1) is 0 Å². The van der Waals surface area contributed by atoms with Crippen molar-refractivity contribution < 1.29 is 4.79 Å². The highest BCUT2D eigenvalue weighted by atomic mass is 16.2. The van der Waals surface area contributed by atoms with E-state index in [0.717, 1.165) is 12.0 Å². The number of likely N-dealkylation sites (N-methyl/N-ethyl adjacent to an activating group) is 1. The molecule has 0 radical (unpaired) electrons. The van der Waals surface area contributed by atoms with Crippen molar-refractivity contribution in [1.82, 2.24) is 9.88 Å². The summed E-state index contributed by atoms with van der Waals surface area (Å²) in [5.74, 6) is 0.134. The lowest BCUT2D eigenvalue weighted by Gasteiger charge is -2.23. The highest BCUT2D eigenvalue weighted by Crippen LogP contribution is 2.04. The first kappa shape index (κ1) is 12.6. The molecule has 16 heavy (non-hydrogen) atoms. The molecule has 0 bridgehead atoms. The van der Waals surface area contributed by atoms with Crippen molar-refractivity contribution in [3.63, 3.8) is 0 Å². The van der Waals surface area contributed by atoms with Crippen LogP contribution in [0.4, 0.5) is 0 Å². The SMILES string of the molecule is CC(CN)N(C)C(=O)CCc1ccncc1. The number of carbonyl (C=O) groups excluding carboxylic acids is 1. The van der Waals surface area contributed by atoms with Gasteiger partial charge in [-0.3, -0.25) is 9.78 Å². The first-order valence-electron chi connectivity index (χ1n) is 5.49. The summed E-state index contributed by atoms with van der Waals surface area (Å²) in [5.41, 5.74) is 6.65. The minimum absolute atomic E-state index is 0.102. The molecule has 4 nitrogen and oxygen atoms in total. The molecule has 0 aromatic carbocycles. The maximum Gasteiger partial charge on any atom is 0.222 e. The van der Waals surface area contributed by atoms with Crippen molar-refractivity contribution in [2.24, 2.45) is 5.73 Å². The van der Waals surface area contributed by atoms with Gasteiger partial charge < -0.3 is 10.6 Å². The highest BCUT2D eigenvalue weighted by Gasteiger charge is 2.13. The van der Waals surface area contributed by atoms with Gasteiger partial charge in [0.15, 0.2) is 0 Å². The van der Waals surface area contributed by atoms with Gasteiger partial charge in [-0.05, 0) is 31.0 Å². The smallest absolute Gasteiger partial charge is 0.222 e. The van der Waals surface area contributed by atoms with Crippen molar-refractivity contribution in [1.29, 1.82) is 0 Å². The lowest BCUT2D eigenvalue weighted by atomic mass is 10.1. The van der Waals surface area contributed by atoms with Crippen LogP contribution in [0.2, 0.25) is 0 Å². The maximum atomic E-state index is 11.8. The van der Waals surface area contributed by atoms with Gasteiger partial charge in [-0.15, -0.1) is 0 Å². The second-order valence-electron chi connectivity index (χ2n) is 3.94. The molecule has 4 heteroatoms. The lowest BCUT2D eigenvalue weighted by molar-refractivity contribution is -0.131. The summed E-state index contributed by atoms with van der Waals surface area (Å²) >= 11 is 0. The molecular weight excluding hydrogens is 202 g/mol. The van der Waals surface area contributed by atoms with Gasteiger partial charge in [-0.1, -0.05) is 0 Å². The predicted octanol–water partition coefficient (Wildman–Crippen LogP) is 0.820. The number of pyridine rings is 1. The second kappa shape index (κ2) is 6.23. The van der Waals surface area contributed by atoms with Crippen LogP contribution >= 0.6 is 0 Å². The minimum atomic E-state index is 0.102. The monoisotopic (exact) mass is 221 g/mol. The van der Waals surface area contributed by atoms with Crippen LogP contribution < -0.4 is 5.73 Å². The number of aromatic nitrogens is 1. The van der Waals surface area contributed by atoms with Crippen LogP contribution in [0.3, 0.4) is 0 Å². The summed E-state index contributed by atoms with van der Waals surface area (Å²) in [7, 11) is 1.80. The normalized spacial score (nSPS) is 12.2. The van der Waals surface area contributed by atoms with E-state index in [4.69, 9.17) is 5.73 Å². The van der Waals surface area contributed by atoms with E-state index in [0.29, 0.717) is 13.0 Å². The molecule has 1 aromatic heterocycles. The molecule has 0 spiro atoms. The summed E-state index contributed by atoms with van der Waals surface area (Å²) in [5, 5.41) is 0. The zero-order valence-electron chi connectivity index (χ0n) is 9.89. The van der Waals surface area contributed by atoms with Gasteiger partial charge >= 0.3 is 0 Å². The largest absolute Gasteiger partial charge is 0.342 e. The predicted molar refractivity (Wildman–Crippen MR) is 63.8 cm³/mol. The zero-order valence-corrected chi connectivity index (χ0v) is 9.89. The highest BCUT2D eigenvalue weighted by molar-refractivity contribution is 5.76. The van der Waals surface area contributed by atoms with Crippen molar-refractivity contribution in [2.45, 2.75) is 25.8 Å². The molecule has 0 aliphatic heterocycles. The minimum Gasteiger partial charge on any atom is -0.342 e. The number of nitrogens with two attached hydrogens (primary N) is 1. The Morgan fingerprint density at radius 3 is 2.69 bits per heavy atom. The van der Waals surface area contributed by atoms with Crippen LogP contribution in [-0.2, 0) is 11.2 Å².